The number of hydrogen-bond donors (Lipinski definition) is 0. The molecule has 0 N–H and O–H groups in total. The fourth-order valence-corrected chi connectivity index (χ4v) is 2.55. The molecule has 0 aliphatic rings. The minimum absolute atomic E-state index is 1.11. The van der Waals surface area contributed by atoms with E-state index in [9.17, 15) is 0 Å². The van der Waals surface area contributed by atoms with Gasteiger partial charge in [-0.2, -0.15) is 0 Å². The molecule has 0 aliphatic carbocycles. The van der Waals surface area contributed by atoms with Crippen LogP contribution in [0.1, 0.15) is 0 Å². The monoisotopic (exact) mass is 256 g/mol. The molecule has 0 saturated carbocycles. The van der Waals surface area contributed by atoms with Gasteiger partial charge < -0.3 is 0 Å². The van der Waals surface area contributed by atoms with Crippen molar-refractivity contribution >= 4 is 11.0 Å². The second-order valence-electron chi connectivity index (χ2n) is 4.69. The van der Waals surface area contributed by atoms with Gasteiger partial charge in [0, 0.05) is 12.1 Å². The summed E-state index contributed by atoms with van der Waals surface area (Å²) in [4.78, 5) is 0. The molecule has 0 unspecified atom stereocenters. The van der Waals surface area contributed by atoms with Crippen molar-refractivity contribution in [2.24, 2.45) is 0 Å². The minimum Gasteiger partial charge on any atom is -0.149 e. The molecule has 4 aromatic rings. The van der Waals surface area contributed by atoms with Gasteiger partial charge >= 0.3 is 0 Å². The lowest BCUT2D eigenvalue weighted by Gasteiger charge is -1.98. The SMILES string of the molecule is c1cc2c3cccc[n+]3c(-c3ccccc3)c[n+]2cc#1. The number of benzene rings is 1. The number of hydrogen-bond acceptors (Lipinski definition) is 0. The van der Waals surface area contributed by atoms with Gasteiger partial charge in [0.2, 0.25) is 12.4 Å². The van der Waals surface area contributed by atoms with E-state index in [1.165, 1.54) is 5.56 Å². The normalized spacial score (nSPS) is 10.6. The van der Waals surface area contributed by atoms with Gasteiger partial charge in [-0.15, -0.1) is 8.80 Å². The molecule has 1 aromatic carbocycles. The maximum absolute atomic E-state index is 3.03. The summed E-state index contributed by atoms with van der Waals surface area (Å²) in [5, 5.41) is 0. The molecule has 2 heteroatoms. The van der Waals surface area contributed by atoms with Gasteiger partial charge in [0.1, 0.15) is 0 Å². The first-order valence-electron chi connectivity index (χ1n) is 6.55. The van der Waals surface area contributed by atoms with E-state index in [1.807, 2.05) is 18.3 Å². The van der Waals surface area contributed by atoms with E-state index in [1.54, 1.807) is 0 Å². The highest BCUT2D eigenvalue weighted by Crippen LogP contribution is 2.15. The average Bonchev–Trinajstić information content (AvgIpc) is 2.55. The maximum Gasteiger partial charge on any atom is 0.292 e. The van der Waals surface area contributed by atoms with E-state index < -0.39 is 0 Å². The van der Waals surface area contributed by atoms with Gasteiger partial charge in [0.05, 0.1) is 11.6 Å². The van der Waals surface area contributed by atoms with Gasteiger partial charge in [0.15, 0.2) is 6.20 Å². The summed E-state index contributed by atoms with van der Waals surface area (Å²) < 4.78 is 4.30. The second-order valence-corrected chi connectivity index (χ2v) is 4.69. The van der Waals surface area contributed by atoms with Crippen molar-refractivity contribution in [1.82, 2.24) is 0 Å². The zero-order chi connectivity index (χ0) is 13.4. The van der Waals surface area contributed by atoms with Crippen LogP contribution in [0, 0.1) is 12.1 Å². The van der Waals surface area contributed by atoms with Crippen LogP contribution in [0.4, 0.5) is 0 Å². The molecule has 0 amide bonds. The molecule has 2 nitrogen and oxygen atoms in total. The fourth-order valence-electron chi connectivity index (χ4n) is 2.55. The first-order chi connectivity index (χ1) is 9.93. The summed E-state index contributed by atoms with van der Waals surface area (Å²) in [6.45, 7) is 0. The fraction of sp³-hybridized carbons (Fsp3) is 0. The lowest BCUT2D eigenvalue weighted by atomic mass is 10.1. The largest absolute Gasteiger partial charge is 0.292 e. The quantitative estimate of drug-likeness (QED) is 0.462. The van der Waals surface area contributed by atoms with E-state index in [-0.39, 0.29) is 0 Å². The van der Waals surface area contributed by atoms with Crippen molar-refractivity contribution in [1.29, 1.82) is 0 Å². The Labute approximate surface area is 117 Å². The van der Waals surface area contributed by atoms with E-state index >= 15 is 0 Å². The van der Waals surface area contributed by atoms with Crippen LogP contribution in [-0.2, 0) is 0 Å². The van der Waals surface area contributed by atoms with Crippen LogP contribution in [0.15, 0.2) is 73.2 Å². The molecule has 92 valence electrons. The summed E-state index contributed by atoms with van der Waals surface area (Å²) >= 11 is 0. The number of pyridine rings is 1. The van der Waals surface area contributed by atoms with Gasteiger partial charge in [-0.05, 0) is 24.3 Å². The number of aromatic nitrogens is 2. The van der Waals surface area contributed by atoms with Crippen molar-refractivity contribution in [3.8, 4) is 11.3 Å². The van der Waals surface area contributed by atoms with Crippen LogP contribution in [0.2, 0.25) is 0 Å². The molecular weight excluding hydrogens is 244 g/mol. The van der Waals surface area contributed by atoms with Crippen LogP contribution in [-0.4, -0.2) is 0 Å². The molecule has 4 rings (SSSR count). The van der Waals surface area contributed by atoms with Crippen LogP contribution < -0.4 is 8.80 Å². The standard InChI is InChI=1S/C18H12N2/c1-2-8-15(9-3-1)18-14-19-12-6-4-10-16(19)17-11-5-7-13-20(17)18/h1-3,5,7-14H/q+2. The second kappa shape index (κ2) is 4.32. The summed E-state index contributed by atoms with van der Waals surface area (Å²) in [6.07, 6.45) is 6.13. The van der Waals surface area contributed by atoms with Crippen LogP contribution in [0.5, 0.6) is 0 Å². The van der Waals surface area contributed by atoms with Gasteiger partial charge in [-0.1, -0.05) is 24.3 Å². The van der Waals surface area contributed by atoms with Gasteiger partial charge in [0.25, 0.3) is 16.7 Å². The van der Waals surface area contributed by atoms with Crippen molar-refractivity contribution in [3.05, 3.63) is 85.3 Å². The Bertz CT molecular complexity index is 899. The lowest BCUT2D eigenvalue weighted by molar-refractivity contribution is -0.556. The van der Waals surface area contributed by atoms with Crippen molar-refractivity contribution in [3.63, 3.8) is 0 Å². The first kappa shape index (κ1) is 11.0. The third-order valence-electron chi connectivity index (χ3n) is 3.49. The molecule has 0 saturated heterocycles. The molecule has 0 radical (unpaired) electrons. The number of fused-ring (bicyclic) bond motifs is 3. The Kier molecular flexibility index (Phi) is 2.37. The van der Waals surface area contributed by atoms with Crippen LogP contribution >= 0.6 is 0 Å². The smallest absolute Gasteiger partial charge is 0.149 e. The van der Waals surface area contributed by atoms with E-state index in [0.29, 0.717) is 0 Å². The zero-order valence-electron chi connectivity index (χ0n) is 10.8. The highest BCUT2D eigenvalue weighted by atomic mass is 15.0. The van der Waals surface area contributed by atoms with Crippen LogP contribution in [0.25, 0.3) is 22.3 Å². The molecule has 0 spiro atoms. The molecule has 20 heavy (non-hydrogen) atoms. The Morgan fingerprint density at radius 2 is 1.65 bits per heavy atom. The third-order valence-corrected chi connectivity index (χ3v) is 3.49. The predicted octanol–water partition coefficient (Wildman–Crippen LogP) is 2.43. The van der Waals surface area contributed by atoms with Gasteiger partial charge in [-0.3, -0.25) is 0 Å². The van der Waals surface area contributed by atoms with E-state index in [0.717, 1.165) is 16.7 Å². The highest BCUT2D eigenvalue weighted by molar-refractivity contribution is 5.67. The summed E-state index contributed by atoms with van der Waals surface area (Å²) in [6, 6.07) is 24.6. The first-order valence-corrected chi connectivity index (χ1v) is 6.55. The van der Waals surface area contributed by atoms with Gasteiger partial charge in [-0.25, -0.2) is 0 Å². The summed E-state index contributed by atoms with van der Waals surface area (Å²) in [5.74, 6) is 0. The minimum atomic E-state index is 1.11. The molecule has 3 aromatic heterocycles. The van der Waals surface area contributed by atoms with Crippen LogP contribution in [0.3, 0.4) is 0 Å². The predicted molar refractivity (Wildman–Crippen MR) is 75.9 cm³/mol. The molecule has 0 fully saturated rings. The van der Waals surface area contributed by atoms with Crippen molar-refractivity contribution in [2.45, 2.75) is 0 Å². The zero-order valence-corrected chi connectivity index (χ0v) is 10.8. The third kappa shape index (κ3) is 1.61. The Balaban J connectivity index is 2.19. The maximum atomic E-state index is 3.03. The Morgan fingerprint density at radius 1 is 0.800 bits per heavy atom. The number of rotatable bonds is 1. The topological polar surface area (TPSA) is 8.20 Å². The summed E-state index contributed by atoms with van der Waals surface area (Å²) in [7, 11) is 0. The Hall–Kier alpha value is -2.92. The Morgan fingerprint density at radius 3 is 2.55 bits per heavy atom. The summed E-state index contributed by atoms with van der Waals surface area (Å²) in [5.41, 5.74) is 4.61. The highest BCUT2D eigenvalue weighted by Gasteiger charge is 2.21. The molecule has 3 heterocycles. The van der Waals surface area contributed by atoms with Crippen molar-refractivity contribution < 1.29 is 8.80 Å². The molecule has 0 atom stereocenters. The van der Waals surface area contributed by atoms with E-state index in [4.69, 9.17) is 0 Å². The number of nitrogens with zero attached hydrogens (tertiary/aromatic N) is 2. The molecular formula is C18H12N2+2. The lowest BCUT2D eigenvalue weighted by Crippen LogP contribution is -2.33. The molecule has 0 bridgehead atoms. The van der Waals surface area contributed by atoms with E-state index in [2.05, 4.69) is 75.8 Å². The average molecular weight is 256 g/mol. The molecule has 0 aliphatic heterocycles. The van der Waals surface area contributed by atoms with Crippen molar-refractivity contribution in [2.75, 3.05) is 0 Å².